The van der Waals surface area contributed by atoms with Crippen LogP contribution >= 0.6 is 0 Å². The molecule has 0 spiro atoms. The summed E-state index contributed by atoms with van der Waals surface area (Å²) in [6.07, 6.45) is 0. The summed E-state index contributed by atoms with van der Waals surface area (Å²) in [5.41, 5.74) is 3.39. The van der Waals surface area contributed by atoms with Crippen LogP contribution in [0.15, 0.2) is 144 Å². The van der Waals surface area contributed by atoms with Crippen LogP contribution < -0.4 is 15.6 Å². The fraction of sp³-hybridized carbons (Fsp3) is 0.139. The first-order valence-electron chi connectivity index (χ1n) is 14.1. The van der Waals surface area contributed by atoms with E-state index in [2.05, 4.69) is 126 Å². The van der Waals surface area contributed by atoms with Gasteiger partial charge in [-0.05, 0) is 56.7 Å². The molecule has 5 rings (SSSR count). The molecule has 0 aromatic heterocycles. The Balaban J connectivity index is 0.000000196. The molecule has 5 nitrogen and oxygen atoms in total. The summed E-state index contributed by atoms with van der Waals surface area (Å²) in [5.74, 6) is -1.01. The van der Waals surface area contributed by atoms with Crippen LogP contribution in [-0.2, 0) is 0 Å². The van der Waals surface area contributed by atoms with E-state index in [-0.39, 0.29) is 5.56 Å². The van der Waals surface area contributed by atoms with E-state index < -0.39 is 25.7 Å². The van der Waals surface area contributed by atoms with Gasteiger partial charge >= 0.3 is 127 Å². The van der Waals surface area contributed by atoms with Gasteiger partial charge in [-0.15, -0.1) is 5.11 Å². The Morgan fingerprint density at radius 3 is 1.55 bits per heavy atom. The van der Waals surface area contributed by atoms with Crippen molar-refractivity contribution in [3.63, 3.8) is 0 Å². The molecule has 0 fully saturated rings. The van der Waals surface area contributed by atoms with Gasteiger partial charge < -0.3 is 10.0 Å². The molecule has 1 radical (unpaired) electrons. The van der Waals surface area contributed by atoms with Gasteiger partial charge in [0, 0.05) is 18.8 Å². The Kier molecular flexibility index (Phi) is 11.5. The van der Waals surface area contributed by atoms with Crippen molar-refractivity contribution in [2.45, 2.75) is 20.8 Å². The van der Waals surface area contributed by atoms with Crippen molar-refractivity contribution < 1.29 is 9.90 Å². The molecule has 0 bridgehead atoms. The zero-order valence-electron chi connectivity index (χ0n) is 24.3. The molecule has 0 aliphatic rings. The van der Waals surface area contributed by atoms with Gasteiger partial charge in [0.2, 0.25) is 0 Å². The first-order valence-corrected chi connectivity index (χ1v) is 18.4. The van der Waals surface area contributed by atoms with Gasteiger partial charge in [-0.25, -0.2) is 4.79 Å². The standard InChI is InChI=1S/C18H21N3O2.3C6H5.Sn/c1-4-21(5-2)14-10-11-16(13(3)12-14)19-20-17-9-7-6-8-15(17)18(22)23;3*1-2-4-6-5-3-1;/h6-12H,4-5H2,1-3H3,(H,22,23);3*1-5H;. The number of hydrogen-bond donors (Lipinski definition) is 1. The van der Waals surface area contributed by atoms with Crippen molar-refractivity contribution in [3.8, 4) is 0 Å². The zero-order chi connectivity index (χ0) is 29.7. The summed E-state index contributed by atoms with van der Waals surface area (Å²) in [6.45, 7) is 8.11. The third-order valence-electron chi connectivity index (χ3n) is 6.90. The van der Waals surface area contributed by atoms with Crippen LogP contribution in [-0.4, -0.2) is 43.9 Å². The van der Waals surface area contributed by atoms with Crippen molar-refractivity contribution in [1.82, 2.24) is 0 Å². The Hall–Kier alpha value is -4.23. The SMILES string of the molecule is CCN(CC)c1ccc(N=Nc2ccccc2C(=O)O)c(C)c1.c1cc[c]([Sn]([c]2ccccc2)[c]2ccccc2)cc1. The fourth-order valence-corrected chi connectivity index (χ4v) is 12.1. The maximum atomic E-state index is 11.2. The second kappa shape index (κ2) is 15.7. The number of aryl methyl sites for hydroxylation is 1. The van der Waals surface area contributed by atoms with Gasteiger partial charge in [-0.2, -0.15) is 5.11 Å². The monoisotopic (exact) mass is 662 g/mol. The van der Waals surface area contributed by atoms with Crippen molar-refractivity contribution in [2.75, 3.05) is 18.0 Å². The third-order valence-corrected chi connectivity index (χ3v) is 14.7. The van der Waals surface area contributed by atoms with Crippen molar-refractivity contribution >= 4 is 53.5 Å². The molecule has 0 atom stereocenters. The van der Waals surface area contributed by atoms with Crippen molar-refractivity contribution in [2.24, 2.45) is 10.2 Å². The molecule has 5 aromatic carbocycles. The molecule has 0 unspecified atom stereocenters. The van der Waals surface area contributed by atoms with E-state index in [1.807, 2.05) is 19.1 Å². The molecule has 0 aliphatic carbocycles. The van der Waals surface area contributed by atoms with Gasteiger partial charge in [0.05, 0.1) is 11.3 Å². The van der Waals surface area contributed by atoms with E-state index in [0.717, 1.165) is 30.0 Å². The Bertz CT molecular complexity index is 1490. The van der Waals surface area contributed by atoms with Gasteiger partial charge in [0.1, 0.15) is 5.69 Å². The summed E-state index contributed by atoms with van der Waals surface area (Å²) in [4.78, 5) is 13.4. The predicted octanol–water partition coefficient (Wildman–Crippen LogP) is 7.16. The van der Waals surface area contributed by atoms with Crippen LogP contribution in [0.5, 0.6) is 0 Å². The second-order valence-corrected chi connectivity index (χ2v) is 16.7. The summed E-state index contributed by atoms with van der Waals surface area (Å²) >= 11 is -1.98. The number of hydrogen-bond acceptors (Lipinski definition) is 4. The maximum absolute atomic E-state index is 11.2. The molecule has 211 valence electrons. The number of carbonyl (C=O) groups is 1. The van der Waals surface area contributed by atoms with Crippen molar-refractivity contribution in [1.29, 1.82) is 0 Å². The third kappa shape index (κ3) is 8.17. The first kappa shape index (κ1) is 30.7. The van der Waals surface area contributed by atoms with Gasteiger partial charge in [-0.1, -0.05) is 12.1 Å². The summed E-state index contributed by atoms with van der Waals surface area (Å²) in [6, 6.07) is 45.5. The predicted molar refractivity (Wildman–Crippen MR) is 176 cm³/mol. The minimum absolute atomic E-state index is 0.147. The average Bonchev–Trinajstić information content (AvgIpc) is 3.03. The number of aromatic carboxylic acids is 1. The van der Waals surface area contributed by atoms with E-state index in [4.69, 9.17) is 5.11 Å². The van der Waals surface area contributed by atoms with E-state index in [1.165, 1.54) is 16.8 Å². The van der Waals surface area contributed by atoms with Gasteiger partial charge in [0.15, 0.2) is 0 Å². The molecule has 0 amide bonds. The normalized spacial score (nSPS) is 10.8. The van der Waals surface area contributed by atoms with Crippen LogP contribution in [0.2, 0.25) is 0 Å². The molecule has 0 heterocycles. The summed E-state index contributed by atoms with van der Waals surface area (Å²) < 4.78 is 4.59. The Morgan fingerprint density at radius 1 is 0.643 bits per heavy atom. The molecule has 0 saturated heterocycles. The van der Waals surface area contributed by atoms with Crippen molar-refractivity contribution in [3.05, 3.63) is 145 Å². The van der Waals surface area contributed by atoms with E-state index >= 15 is 0 Å². The van der Waals surface area contributed by atoms with Crippen LogP contribution in [0.3, 0.4) is 0 Å². The molecular formula is C36H36N3O2Sn. The molecule has 1 N–H and O–H groups in total. The second-order valence-electron chi connectivity index (χ2n) is 9.64. The zero-order valence-corrected chi connectivity index (χ0v) is 27.2. The van der Waals surface area contributed by atoms with Crippen LogP contribution in [0.25, 0.3) is 0 Å². The molecule has 0 saturated carbocycles. The number of anilines is 1. The minimum atomic E-state index is -1.98. The van der Waals surface area contributed by atoms with E-state index in [0.29, 0.717) is 5.69 Å². The summed E-state index contributed by atoms with van der Waals surface area (Å²) in [5, 5.41) is 17.5. The number of nitrogens with zero attached hydrogens (tertiary/aromatic N) is 3. The molecular weight excluding hydrogens is 625 g/mol. The Labute approximate surface area is 255 Å². The Morgan fingerprint density at radius 2 is 1.10 bits per heavy atom. The number of azo groups is 1. The molecule has 42 heavy (non-hydrogen) atoms. The number of benzene rings is 5. The van der Waals surface area contributed by atoms with Crippen LogP contribution in [0, 0.1) is 6.92 Å². The number of carboxylic acid groups (broad SMARTS) is 1. The first-order chi connectivity index (χ1) is 20.5. The average molecular weight is 661 g/mol. The summed E-state index contributed by atoms with van der Waals surface area (Å²) in [7, 11) is 0. The topological polar surface area (TPSA) is 65.3 Å². The van der Waals surface area contributed by atoms with E-state index in [1.54, 1.807) is 18.2 Å². The quantitative estimate of drug-likeness (QED) is 0.135. The van der Waals surface area contributed by atoms with Gasteiger partial charge in [-0.3, -0.25) is 0 Å². The van der Waals surface area contributed by atoms with Crippen LogP contribution in [0.4, 0.5) is 17.1 Å². The van der Waals surface area contributed by atoms with E-state index in [9.17, 15) is 4.79 Å². The fourth-order valence-electron chi connectivity index (χ4n) is 4.70. The molecule has 0 aliphatic heterocycles. The molecule has 5 aromatic rings. The van der Waals surface area contributed by atoms with Crippen LogP contribution in [0.1, 0.15) is 29.8 Å². The number of rotatable bonds is 9. The van der Waals surface area contributed by atoms with Gasteiger partial charge in [0.25, 0.3) is 0 Å². The molecule has 6 heteroatoms. The number of carboxylic acids is 1.